The van der Waals surface area contributed by atoms with Crippen molar-refractivity contribution in [1.29, 1.82) is 0 Å². The summed E-state index contributed by atoms with van der Waals surface area (Å²) in [6.45, 7) is 5.03. The van der Waals surface area contributed by atoms with Crippen LogP contribution in [0.5, 0.6) is 5.75 Å². The van der Waals surface area contributed by atoms with Crippen LogP contribution in [0.15, 0.2) is 48.5 Å². The second kappa shape index (κ2) is 7.23. The molecule has 0 saturated carbocycles. The van der Waals surface area contributed by atoms with Gasteiger partial charge in [0.15, 0.2) is 0 Å². The molecule has 0 radical (unpaired) electrons. The summed E-state index contributed by atoms with van der Waals surface area (Å²) in [5, 5.41) is 3.45. The minimum atomic E-state index is -0.240. The molecule has 1 N–H and O–H groups in total. The van der Waals surface area contributed by atoms with E-state index < -0.39 is 0 Å². The molecule has 0 amide bonds. The molecule has 3 heteroatoms. The largest absolute Gasteiger partial charge is 0.496 e. The van der Waals surface area contributed by atoms with Crippen molar-refractivity contribution in [1.82, 2.24) is 5.32 Å². The first-order valence-corrected chi connectivity index (χ1v) is 7.23. The van der Waals surface area contributed by atoms with Crippen molar-refractivity contribution < 1.29 is 9.13 Å². The average molecular weight is 287 g/mol. The zero-order valence-corrected chi connectivity index (χ0v) is 12.8. The molecule has 2 unspecified atom stereocenters. The zero-order valence-electron chi connectivity index (χ0n) is 12.8. The van der Waals surface area contributed by atoms with E-state index in [1.165, 1.54) is 17.7 Å². The number of rotatable bonds is 6. The fourth-order valence-electron chi connectivity index (χ4n) is 2.41. The molecule has 0 bridgehead atoms. The summed E-state index contributed by atoms with van der Waals surface area (Å²) in [4.78, 5) is 0. The van der Waals surface area contributed by atoms with Gasteiger partial charge in [-0.15, -0.1) is 0 Å². The summed E-state index contributed by atoms with van der Waals surface area (Å²) in [6.07, 6.45) is 0. The second-order valence-electron chi connectivity index (χ2n) is 5.33. The third kappa shape index (κ3) is 4.05. The Labute approximate surface area is 126 Å². The van der Waals surface area contributed by atoms with Crippen molar-refractivity contribution >= 4 is 0 Å². The van der Waals surface area contributed by atoms with Crippen molar-refractivity contribution in [3.63, 3.8) is 0 Å². The third-order valence-electron chi connectivity index (χ3n) is 3.76. The Bertz CT molecular complexity index is 571. The second-order valence-corrected chi connectivity index (χ2v) is 5.33. The lowest BCUT2D eigenvalue weighted by atomic mass is 10.00. The van der Waals surface area contributed by atoms with Gasteiger partial charge in [-0.25, -0.2) is 4.39 Å². The first kappa shape index (κ1) is 15.5. The molecule has 2 atom stereocenters. The lowest BCUT2D eigenvalue weighted by Gasteiger charge is -2.20. The van der Waals surface area contributed by atoms with E-state index in [1.54, 1.807) is 13.2 Å². The van der Waals surface area contributed by atoms with Crippen LogP contribution in [0.25, 0.3) is 0 Å². The highest BCUT2D eigenvalue weighted by molar-refractivity contribution is 5.36. The number of halogens is 1. The normalized spacial score (nSPS) is 13.7. The van der Waals surface area contributed by atoms with Gasteiger partial charge in [-0.05, 0) is 36.6 Å². The highest BCUT2D eigenvalue weighted by Gasteiger charge is 2.14. The minimum absolute atomic E-state index is 0.0295. The topological polar surface area (TPSA) is 21.3 Å². The molecule has 2 nitrogen and oxygen atoms in total. The number of benzene rings is 2. The van der Waals surface area contributed by atoms with Crippen LogP contribution < -0.4 is 10.1 Å². The molecule has 0 heterocycles. The van der Waals surface area contributed by atoms with Crippen LogP contribution in [0, 0.1) is 5.82 Å². The molecule has 2 aromatic rings. The summed E-state index contributed by atoms with van der Waals surface area (Å²) in [6, 6.07) is 15.0. The predicted octanol–water partition coefficient (Wildman–Crippen LogP) is 4.29. The Morgan fingerprint density at radius 2 is 1.81 bits per heavy atom. The molecule has 0 saturated heterocycles. The number of hydrogen-bond acceptors (Lipinski definition) is 2. The van der Waals surface area contributed by atoms with E-state index in [4.69, 9.17) is 4.74 Å². The van der Waals surface area contributed by atoms with Crippen LogP contribution in [0.1, 0.15) is 36.9 Å². The van der Waals surface area contributed by atoms with Crippen molar-refractivity contribution in [3.8, 4) is 5.75 Å². The predicted molar refractivity (Wildman–Crippen MR) is 84.2 cm³/mol. The van der Waals surface area contributed by atoms with Gasteiger partial charge >= 0.3 is 0 Å². The van der Waals surface area contributed by atoms with E-state index in [1.807, 2.05) is 25.1 Å². The highest BCUT2D eigenvalue weighted by Crippen LogP contribution is 2.26. The fraction of sp³-hybridized carbons (Fsp3) is 0.333. The van der Waals surface area contributed by atoms with Gasteiger partial charge < -0.3 is 10.1 Å². The van der Waals surface area contributed by atoms with Crippen LogP contribution in [0.2, 0.25) is 0 Å². The SMILES string of the molecule is COc1ccc(F)cc1C(C)NCC(C)c1ccccc1. The van der Waals surface area contributed by atoms with Gasteiger partial charge in [-0.1, -0.05) is 37.3 Å². The van der Waals surface area contributed by atoms with E-state index in [9.17, 15) is 4.39 Å². The van der Waals surface area contributed by atoms with Gasteiger partial charge in [0.2, 0.25) is 0 Å². The zero-order chi connectivity index (χ0) is 15.2. The van der Waals surface area contributed by atoms with Crippen LogP contribution in [-0.4, -0.2) is 13.7 Å². The number of hydrogen-bond donors (Lipinski definition) is 1. The molecule has 0 aromatic heterocycles. The van der Waals surface area contributed by atoms with Gasteiger partial charge in [0.05, 0.1) is 7.11 Å². The van der Waals surface area contributed by atoms with Crippen LogP contribution in [-0.2, 0) is 0 Å². The molecular formula is C18H22FNO. The highest BCUT2D eigenvalue weighted by atomic mass is 19.1. The summed E-state index contributed by atoms with van der Waals surface area (Å²) in [7, 11) is 1.61. The summed E-state index contributed by atoms with van der Waals surface area (Å²) in [5.74, 6) is 0.868. The molecule has 0 aliphatic heterocycles. The maximum absolute atomic E-state index is 13.4. The summed E-state index contributed by atoms with van der Waals surface area (Å²) >= 11 is 0. The lowest BCUT2D eigenvalue weighted by Crippen LogP contribution is -2.24. The van der Waals surface area contributed by atoms with E-state index >= 15 is 0 Å². The molecule has 2 rings (SSSR count). The molecule has 0 fully saturated rings. The van der Waals surface area contributed by atoms with Crippen molar-refractivity contribution in [3.05, 3.63) is 65.5 Å². The Kier molecular flexibility index (Phi) is 5.34. The Hall–Kier alpha value is -1.87. The van der Waals surface area contributed by atoms with Crippen molar-refractivity contribution in [2.75, 3.05) is 13.7 Å². The summed E-state index contributed by atoms with van der Waals surface area (Å²) < 4.78 is 18.7. The first-order chi connectivity index (χ1) is 10.1. The third-order valence-corrected chi connectivity index (χ3v) is 3.76. The maximum Gasteiger partial charge on any atom is 0.123 e. The molecule has 0 aliphatic rings. The molecule has 0 aliphatic carbocycles. The molecule has 2 aromatic carbocycles. The molecule has 112 valence electrons. The molecule has 21 heavy (non-hydrogen) atoms. The summed E-state index contributed by atoms with van der Waals surface area (Å²) in [5.41, 5.74) is 2.14. The quantitative estimate of drug-likeness (QED) is 0.856. The minimum Gasteiger partial charge on any atom is -0.496 e. The van der Waals surface area contributed by atoms with Gasteiger partial charge in [0, 0.05) is 18.2 Å². The number of methoxy groups -OCH3 is 1. The lowest BCUT2D eigenvalue weighted by molar-refractivity contribution is 0.399. The van der Waals surface area contributed by atoms with Gasteiger partial charge in [-0.2, -0.15) is 0 Å². The number of nitrogens with one attached hydrogen (secondary N) is 1. The molecule has 0 spiro atoms. The van der Waals surface area contributed by atoms with E-state index in [2.05, 4.69) is 24.4 Å². The van der Waals surface area contributed by atoms with Gasteiger partial charge in [-0.3, -0.25) is 0 Å². The van der Waals surface area contributed by atoms with Gasteiger partial charge in [0.1, 0.15) is 11.6 Å². The standard InChI is InChI=1S/C18H22FNO/c1-13(15-7-5-4-6-8-15)12-20-14(2)17-11-16(19)9-10-18(17)21-3/h4-11,13-14,20H,12H2,1-3H3. The van der Waals surface area contributed by atoms with Crippen LogP contribution in [0.3, 0.4) is 0 Å². The average Bonchev–Trinajstić information content (AvgIpc) is 2.53. The fourth-order valence-corrected chi connectivity index (χ4v) is 2.41. The monoisotopic (exact) mass is 287 g/mol. The maximum atomic E-state index is 13.4. The Morgan fingerprint density at radius 3 is 2.48 bits per heavy atom. The number of ether oxygens (including phenoxy) is 1. The smallest absolute Gasteiger partial charge is 0.123 e. The van der Waals surface area contributed by atoms with Crippen molar-refractivity contribution in [2.24, 2.45) is 0 Å². The van der Waals surface area contributed by atoms with Crippen LogP contribution in [0.4, 0.5) is 4.39 Å². The van der Waals surface area contributed by atoms with E-state index in [-0.39, 0.29) is 11.9 Å². The Balaban J connectivity index is 2.02. The first-order valence-electron chi connectivity index (χ1n) is 7.23. The van der Waals surface area contributed by atoms with Crippen LogP contribution >= 0.6 is 0 Å². The molecular weight excluding hydrogens is 265 g/mol. The van der Waals surface area contributed by atoms with E-state index in [0.717, 1.165) is 12.1 Å². The Morgan fingerprint density at radius 1 is 1.10 bits per heavy atom. The van der Waals surface area contributed by atoms with Crippen molar-refractivity contribution in [2.45, 2.75) is 25.8 Å². The van der Waals surface area contributed by atoms with E-state index in [0.29, 0.717) is 11.7 Å². The van der Waals surface area contributed by atoms with Gasteiger partial charge in [0.25, 0.3) is 0 Å².